The summed E-state index contributed by atoms with van der Waals surface area (Å²) in [6, 6.07) is 11.2. The molecule has 0 saturated carbocycles. The number of rotatable bonds is 5. The maximum absolute atomic E-state index is 12.9. The van der Waals surface area contributed by atoms with Gasteiger partial charge in [0.2, 0.25) is 11.8 Å². The molecule has 170 valence electrons. The van der Waals surface area contributed by atoms with Crippen molar-refractivity contribution in [3.63, 3.8) is 0 Å². The molecule has 1 atom stereocenters. The molecule has 0 spiro atoms. The number of thioether (sulfide) groups is 1. The number of anilines is 2. The number of likely N-dealkylation sites (tertiary alicyclic amines) is 1. The highest BCUT2D eigenvalue weighted by Gasteiger charge is 2.36. The van der Waals surface area contributed by atoms with Gasteiger partial charge in [-0.3, -0.25) is 14.3 Å². The number of hydrogen-bond acceptors (Lipinski definition) is 6. The summed E-state index contributed by atoms with van der Waals surface area (Å²) in [7, 11) is -2.45. The minimum absolute atomic E-state index is 0.000325. The Morgan fingerprint density at radius 2 is 1.84 bits per heavy atom. The van der Waals surface area contributed by atoms with Gasteiger partial charge in [0.15, 0.2) is 5.25 Å². The van der Waals surface area contributed by atoms with Gasteiger partial charge in [-0.05, 0) is 43.2 Å². The van der Waals surface area contributed by atoms with Crippen molar-refractivity contribution < 1.29 is 22.7 Å². The van der Waals surface area contributed by atoms with Crippen molar-refractivity contribution >= 4 is 45.0 Å². The third-order valence-electron chi connectivity index (χ3n) is 5.50. The summed E-state index contributed by atoms with van der Waals surface area (Å²) in [6.07, 6.45) is 4.08. The molecule has 2 aliphatic heterocycles. The number of carbonyl (C=O) groups excluding carboxylic acids is 2. The maximum atomic E-state index is 12.9. The molecule has 4 rings (SSSR count). The summed E-state index contributed by atoms with van der Waals surface area (Å²) in [6.45, 7) is 1.34. The van der Waals surface area contributed by atoms with Gasteiger partial charge >= 0.3 is 0 Å². The number of nitrogens with one attached hydrogen (secondary N) is 2. The van der Waals surface area contributed by atoms with E-state index in [1.807, 2.05) is 0 Å². The lowest BCUT2D eigenvalue weighted by Crippen LogP contribution is -2.45. The first-order valence-electron chi connectivity index (χ1n) is 10.5. The molecule has 0 radical (unpaired) electrons. The zero-order valence-corrected chi connectivity index (χ0v) is 19.3. The number of amides is 2. The van der Waals surface area contributed by atoms with Crippen LogP contribution in [-0.2, 0) is 19.6 Å². The van der Waals surface area contributed by atoms with Crippen LogP contribution < -0.4 is 14.8 Å². The maximum Gasteiger partial charge on any atom is 0.262 e. The molecular formula is C22H25N3O5S2. The molecule has 0 aromatic heterocycles. The van der Waals surface area contributed by atoms with Gasteiger partial charge in [0, 0.05) is 18.0 Å². The van der Waals surface area contributed by atoms with E-state index in [9.17, 15) is 18.0 Å². The van der Waals surface area contributed by atoms with Gasteiger partial charge in [-0.15, -0.1) is 11.8 Å². The standard InChI is InChI=1S/C22H25N3O5S2/c1-30-18-9-5-4-8-16(18)24-32(28,29)15-10-11-19-17(14-15)23-21(26)20(31-19)22(27)25-12-6-2-3-7-13-25/h4-5,8-11,14,20,24H,2-3,6-7,12-13H2,1H3,(H,23,26)/t20-/m1/s1. The summed E-state index contributed by atoms with van der Waals surface area (Å²) >= 11 is 1.16. The predicted molar refractivity (Wildman–Crippen MR) is 124 cm³/mol. The number of hydrogen-bond donors (Lipinski definition) is 2. The molecule has 2 amide bonds. The molecule has 2 aromatic carbocycles. The molecule has 8 nitrogen and oxygen atoms in total. The highest BCUT2D eigenvalue weighted by molar-refractivity contribution is 8.01. The normalized spacial score (nSPS) is 18.8. The van der Waals surface area contributed by atoms with Crippen LogP contribution in [-0.4, -0.2) is 50.6 Å². The summed E-state index contributed by atoms with van der Waals surface area (Å²) in [4.78, 5) is 28.1. The highest BCUT2D eigenvalue weighted by Crippen LogP contribution is 2.38. The Morgan fingerprint density at radius 1 is 1.12 bits per heavy atom. The van der Waals surface area contributed by atoms with Crippen LogP contribution in [0.5, 0.6) is 5.75 Å². The molecule has 0 aliphatic carbocycles. The summed E-state index contributed by atoms with van der Waals surface area (Å²) < 4.78 is 33.5. The van der Waals surface area contributed by atoms with Crippen LogP contribution in [0.15, 0.2) is 52.3 Å². The van der Waals surface area contributed by atoms with Gasteiger partial charge in [-0.2, -0.15) is 0 Å². The highest BCUT2D eigenvalue weighted by atomic mass is 32.2. The zero-order chi connectivity index (χ0) is 22.7. The average Bonchev–Trinajstić information content (AvgIpc) is 3.07. The lowest BCUT2D eigenvalue weighted by atomic mass is 10.2. The number of sulfonamides is 1. The van der Waals surface area contributed by atoms with Crippen molar-refractivity contribution in [3.05, 3.63) is 42.5 Å². The third-order valence-corrected chi connectivity index (χ3v) is 8.12. The molecule has 1 saturated heterocycles. The second-order valence-electron chi connectivity index (χ2n) is 7.69. The van der Waals surface area contributed by atoms with Crippen molar-refractivity contribution in [1.82, 2.24) is 4.90 Å². The van der Waals surface area contributed by atoms with Crippen LogP contribution in [0.25, 0.3) is 0 Å². The van der Waals surface area contributed by atoms with Gasteiger partial charge in [0.1, 0.15) is 5.75 Å². The Labute approximate surface area is 191 Å². The van der Waals surface area contributed by atoms with E-state index in [1.165, 1.54) is 19.2 Å². The number of fused-ring (bicyclic) bond motifs is 1. The minimum Gasteiger partial charge on any atom is -0.495 e. The van der Waals surface area contributed by atoms with E-state index >= 15 is 0 Å². The SMILES string of the molecule is COc1ccccc1NS(=O)(=O)c1ccc2c(c1)NC(=O)[C@H](C(=O)N1CCCCCC1)S2. The predicted octanol–water partition coefficient (Wildman–Crippen LogP) is 3.31. The van der Waals surface area contributed by atoms with Gasteiger partial charge < -0.3 is 15.0 Å². The van der Waals surface area contributed by atoms with Crippen LogP contribution in [0.3, 0.4) is 0 Å². The van der Waals surface area contributed by atoms with Crippen molar-refractivity contribution in [3.8, 4) is 5.75 Å². The summed E-state index contributed by atoms with van der Waals surface area (Å²) in [5.41, 5.74) is 0.692. The molecule has 32 heavy (non-hydrogen) atoms. The molecule has 10 heteroatoms. The van der Waals surface area contributed by atoms with E-state index in [-0.39, 0.29) is 10.8 Å². The number of nitrogens with zero attached hydrogens (tertiary/aromatic N) is 1. The number of ether oxygens (including phenoxy) is 1. The Morgan fingerprint density at radius 3 is 2.56 bits per heavy atom. The molecule has 2 N–H and O–H groups in total. The molecule has 0 bridgehead atoms. The average molecular weight is 476 g/mol. The van der Waals surface area contributed by atoms with Crippen molar-refractivity contribution in [2.75, 3.05) is 30.2 Å². The fraction of sp³-hybridized carbons (Fsp3) is 0.364. The largest absolute Gasteiger partial charge is 0.495 e. The van der Waals surface area contributed by atoms with Crippen molar-refractivity contribution in [1.29, 1.82) is 0 Å². The number of methoxy groups -OCH3 is 1. The first-order valence-corrected chi connectivity index (χ1v) is 12.8. The van der Waals surface area contributed by atoms with E-state index < -0.39 is 21.2 Å². The first kappa shape index (κ1) is 22.5. The van der Waals surface area contributed by atoms with E-state index in [1.54, 1.807) is 35.2 Å². The van der Waals surface area contributed by atoms with Crippen LogP contribution in [0.1, 0.15) is 25.7 Å². The second kappa shape index (κ2) is 9.41. The topological polar surface area (TPSA) is 105 Å². The molecule has 1 fully saturated rings. The Bertz CT molecular complexity index is 1130. The Kier molecular flexibility index (Phi) is 6.61. The number of benzene rings is 2. The van der Waals surface area contributed by atoms with Gasteiger partial charge in [0.25, 0.3) is 10.0 Å². The van der Waals surface area contributed by atoms with E-state index in [0.29, 0.717) is 35.1 Å². The van der Waals surface area contributed by atoms with Crippen LogP contribution >= 0.6 is 11.8 Å². The van der Waals surface area contributed by atoms with Crippen LogP contribution in [0.4, 0.5) is 11.4 Å². The van der Waals surface area contributed by atoms with Gasteiger partial charge in [-0.25, -0.2) is 8.42 Å². The fourth-order valence-corrected chi connectivity index (χ4v) is 5.96. The van der Waals surface area contributed by atoms with Gasteiger partial charge in [0.05, 0.1) is 23.4 Å². The third kappa shape index (κ3) is 4.71. The molecule has 0 unspecified atom stereocenters. The smallest absolute Gasteiger partial charge is 0.262 e. The van der Waals surface area contributed by atoms with E-state index in [2.05, 4.69) is 10.0 Å². The second-order valence-corrected chi connectivity index (χ2v) is 10.5. The van der Waals surface area contributed by atoms with E-state index in [0.717, 1.165) is 37.4 Å². The summed E-state index contributed by atoms with van der Waals surface area (Å²) in [5.74, 6) is -0.216. The Hall–Kier alpha value is -2.72. The van der Waals surface area contributed by atoms with Crippen LogP contribution in [0.2, 0.25) is 0 Å². The van der Waals surface area contributed by atoms with E-state index in [4.69, 9.17) is 4.74 Å². The number of para-hydroxylation sites is 2. The van der Waals surface area contributed by atoms with Crippen LogP contribution in [0, 0.1) is 0 Å². The summed E-state index contributed by atoms with van der Waals surface area (Å²) in [5, 5.41) is 1.85. The van der Waals surface area contributed by atoms with Gasteiger partial charge in [-0.1, -0.05) is 25.0 Å². The number of carbonyl (C=O) groups is 2. The monoisotopic (exact) mass is 475 g/mol. The van der Waals surface area contributed by atoms with Crippen molar-refractivity contribution in [2.45, 2.75) is 40.7 Å². The van der Waals surface area contributed by atoms with Crippen molar-refractivity contribution in [2.24, 2.45) is 0 Å². The molecule has 2 aliphatic rings. The molecule has 2 aromatic rings. The fourth-order valence-electron chi connectivity index (χ4n) is 3.81. The molecular weight excluding hydrogens is 450 g/mol. The first-order chi connectivity index (χ1) is 15.4. The Balaban J connectivity index is 1.54. The minimum atomic E-state index is -3.91. The zero-order valence-electron chi connectivity index (χ0n) is 17.7. The lowest BCUT2D eigenvalue weighted by Gasteiger charge is -2.28. The molecule has 2 heterocycles. The lowest BCUT2D eigenvalue weighted by molar-refractivity contribution is -0.133. The quantitative estimate of drug-likeness (QED) is 0.643.